The molecule has 3 amide bonds. The summed E-state index contributed by atoms with van der Waals surface area (Å²) in [6.45, 7) is 5.49. The average molecular weight is 347 g/mol. The highest BCUT2D eigenvalue weighted by Gasteiger charge is 2.37. The Labute approximate surface area is 145 Å². The molecule has 1 saturated heterocycles. The maximum Gasteiger partial charge on any atom is 0.410 e. The minimum Gasteiger partial charge on any atom is -0.444 e. The molecule has 2 atom stereocenters. The molecule has 0 radical (unpaired) electrons. The Kier molecular flexibility index (Phi) is 5.44. The van der Waals surface area contributed by atoms with Crippen molar-refractivity contribution >= 4 is 17.9 Å². The topological polar surface area (TPSA) is 128 Å². The van der Waals surface area contributed by atoms with Gasteiger partial charge in [-0.25, -0.2) is 14.6 Å². The molecular formula is C16H21N5O4. The van der Waals surface area contributed by atoms with E-state index in [0.717, 1.165) is 0 Å². The van der Waals surface area contributed by atoms with Gasteiger partial charge in [0.1, 0.15) is 17.5 Å². The minimum absolute atomic E-state index is 0.0783. The summed E-state index contributed by atoms with van der Waals surface area (Å²) in [5.74, 6) is 0.271. The molecule has 2 rings (SSSR count). The summed E-state index contributed by atoms with van der Waals surface area (Å²) in [6.07, 6.45) is -0.0956. The summed E-state index contributed by atoms with van der Waals surface area (Å²) < 4.78 is 5.25. The van der Waals surface area contributed by atoms with Crippen LogP contribution in [0.5, 0.6) is 0 Å². The largest absolute Gasteiger partial charge is 0.444 e. The zero-order valence-corrected chi connectivity index (χ0v) is 14.3. The number of anilines is 1. The smallest absolute Gasteiger partial charge is 0.410 e. The summed E-state index contributed by atoms with van der Waals surface area (Å²) in [5, 5.41) is 23.9. The Morgan fingerprint density at radius 3 is 2.68 bits per heavy atom. The van der Waals surface area contributed by atoms with Crippen molar-refractivity contribution in [3.63, 3.8) is 0 Å². The molecule has 1 aromatic heterocycles. The quantitative estimate of drug-likeness (QED) is 0.734. The fourth-order valence-corrected chi connectivity index (χ4v) is 2.26. The maximum absolute atomic E-state index is 12.0. The van der Waals surface area contributed by atoms with Crippen molar-refractivity contribution in [3.05, 3.63) is 23.9 Å². The zero-order chi connectivity index (χ0) is 18.6. The number of rotatable bonds is 2. The molecule has 1 fully saturated rings. The Balaban J connectivity index is 1.88. The number of carbonyl (C=O) groups excluding carboxylic acids is 2. The van der Waals surface area contributed by atoms with E-state index in [2.05, 4.69) is 15.6 Å². The molecule has 0 unspecified atom stereocenters. The Hall–Kier alpha value is -2.86. The summed E-state index contributed by atoms with van der Waals surface area (Å²) in [6, 6.07) is 3.77. The van der Waals surface area contributed by atoms with Crippen LogP contribution in [0.3, 0.4) is 0 Å². The van der Waals surface area contributed by atoms with E-state index in [-0.39, 0.29) is 18.9 Å². The number of pyridine rings is 1. The van der Waals surface area contributed by atoms with Crippen LogP contribution >= 0.6 is 0 Å². The van der Waals surface area contributed by atoms with E-state index in [1.165, 1.54) is 23.2 Å². The third-order valence-corrected chi connectivity index (χ3v) is 3.39. The number of aliphatic hydroxyl groups is 1. The molecule has 25 heavy (non-hydrogen) atoms. The molecule has 0 saturated carbocycles. The molecule has 0 bridgehead atoms. The van der Waals surface area contributed by atoms with Crippen molar-refractivity contribution in [1.29, 1.82) is 5.26 Å². The van der Waals surface area contributed by atoms with E-state index in [9.17, 15) is 14.7 Å². The van der Waals surface area contributed by atoms with Gasteiger partial charge in [-0.15, -0.1) is 0 Å². The van der Waals surface area contributed by atoms with Crippen LogP contribution in [0.4, 0.5) is 15.4 Å². The molecule has 134 valence electrons. The Morgan fingerprint density at radius 1 is 1.40 bits per heavy atom. The van der Waals surface area contributed by atoms with Gasteiger partial charge >= 0.3 is 12.1 Å². The lowest BCUT2D eigenvalue weighted by molar-refractivity contribution is 0.0270. The third kappa shape index (κ3) is 5.32. The van der Waals surface area contributed by atoms with Crippen molar-refractivity contribution in [2.45, 2.75) is 38.5 Å². The molecule has 2 heterocycles. The molecule has 1 aliphatic heterocycles. The highest BCUT2D eigenvalue weighted by Crippen LogP contribution is 2.16. The van der Waals surface area contributed by atoms with Crippen LogP contribution in [0.25, 0.3) is 0 Å². The van der Waals surface area contributed by atoms with E-state index in [0.29, 0.717) is 5.56 Å². The average Bonchev–Trinajstić information content (AvgIpc) is 2.87. The van der Waals surface area contributed by atoms with Gasteiger partial charge in [0.25, 0.3) is 0 Å². The molecule has 1 aromatic rings. The first-order valence-electron chi connectivity index (χ1n) is 7.77. The number of nitrogens with one attached hydrogen (secondary N) is 2. The maximum atomic E-state index is 12.0. The number of hydrogen-bond acceptors (Lipinski definition) is 6. The SMILES string of the molecule is CC(C)(C)OC(=O)N1C[C@@H](O)[C@@H](NC(=O)Nc2ccc(C#N)cn2)C1. The van der Waals surface area contributed by atoms with Gasteiger partial charge in [0.2, 0.25) is 0 Å². The Morgan fingerprint density at radius 2 is 2.12 bits per heavy atom. The second-order valence-electron chi connectivity index (χ2n) is 6.70. The van der Waals surface area contributed by atoms with Crippen molar-refractivity contribution < 1.29 is 19.4 Å². The first kappa shape index (κ1) is 18.5. The van der Waals surface area contributed by atoms with Crippen LogP contribution in [-0.4, -0.2) is 58.0 Å². The highest BCUT2D eigenvalue weighted by atomic mass is 16.6. The number of nitriles is 1. The Bertz CT molecular complexity index is 677. The lowest BCUT2D eigenvalue weighted by atomic mass is 10.2. The molecule has 0 aromatic carbocycles. The number of likely N-dealkylation sites (tertiary alicyclic amines) is 1. The van der Waals surface area contributed by atoms with Gasteiger partial charge in [0, 0.05) is 12.7 Å². The normalized spacial score (nSPS) is 19.9. The van der Waals surface area contributed by atoms with Gasteiger partial charge in [0.15, 0.2) is 0 Å². The van der Waals surface area contributed by atoms with Gasteiger partial charge in [0.05, 0.1) is 24.3 Å². The first-order chi connectivity index (χ1) is 11.7. The minimum atomic E-state index is -0.896. The second kappa shape index (κ2) is 7.36. The highest BCUT2D eigenvalue weighted by molar-refractivity contribution is 5.88. The number of hydrogen-bond donors (Lipinski definition) is 3. The fourth-order valence-electron chi connectivity index (χ4n) is 2.26. The number of amides is 3. The van der Waals surface area contributed by atoms with E-state index < -0.39 is 29.9 Å². The summed E-state index contributed by atoms with van der Waals surface area (Å²) in [5.41, 5.74) is -0.253. The predicted molar refractivity (Wildman–Crippen MR) is 88.7 cm³/mol. The zero-order valence-electron chi connectivity index (χ0n) is 14.3. The van der Waals surface area contributed by atoms with E-state index in [1.807, 2.05) is 6.07 Å². The summed E-state index contributed by atoms with van der Waals surface area (Å²) in [7, 11) is 0. The van der Waals surface area contributed by atoms with Gasteiger partial charge in [-0.3, -0.25) is 5.32 Å². The van der Waals surface area contributed by atoms with Gasteiger partial charge in [-0.1, -0.05) is 0 Å². The van der Waals surface area contributed by atoms with Gasteiger partial charge in [-0.2, -0.15) is 5.26 Å². The van der Waals surface area contributed by atoms with E-state index >= 15 is 0 Å². The molecule has 0 aliphatic carbocycles. The molecule has 9 nitrogen and oxygen atoms in total. The summed E-state index contributed by atoms with van der Waals surface area (Å²) >= 11 is 0. The lowest BCUT2D eigenvalue weighted by Crippen LogP contribution is -2.45. The number of β-amino-alcohol motifs (C(OH)–C–C–N with tert-alkyl or cyclic N) is 1. The monoisotopic (exact) mass is 347 g/mol. The van der Waals surface area contributed by atoms with Crippen LogP contribution in [-0.2, 0) is 4.74 Å². The van der Waals surface area contributed by atoms with Gasteiger partial charge < -0.3 is 20.1 Å². The van der Waals surface area contributed by atoms with Crippen molar-refractivity contribution in [1.82, 2.24) is 15.2 Å². The third-order valence-electron chi connectivity index (χ3n) is 3.39. The first-order valence-corrected chi connectivity index (χ1v) is 7.77. The van der Waals surface area contributed by atoms with Crippen LogP contribution < -0.4 is 10.6 Å². The van der Waals surface area contributed by atoms with Crippen LogP contribution in [0.2, 0.25) is 0 Å². The molecule has 0 spiro atoms. The van der Waals surface area contributed by atoms with Crippen molar-refractivity contribution in [2.75, 3.05) is 18.4 Å². The number of aromatic nitrogens is 1. The standard InChI is InChI=1S/C16H21N5O4/c1-16(2,3)25-15(24)21-8-11(12(22)9-21)19-14(23)20-13-5-4-10(6-17)7-18-13/h4-5,7,11-12,22H,8-9H2,1-3H3,(H2,18,19,20,23)/t11-,12+/m0/s1. The predicted octanol–water partition coefficient (Wildman–Crippen LogP) is 1.05. The fraction of sp³-hybridized carbons (Fsp3) is 0.500. The summed E-state index contributed by atoms with van der Waals surface area (Å²) in [4.78, 5) is 29.3. The number of ether oxygens (including phenoxy) is 1. The van der Waals surface area contributed by atoms with Crippen molar-refractivity contribution in [2.24, 2.45) is 0 Å². The molecule has 1 aliphatic rings. The van der Waals surface area contributed by atoms with Crippen LogP contribution in [0.1, 0.15) is 26.3 Å². The van der Waals surface area contributed by atoms with Gasteiger partial charge in [-0.05, 0) is 32.9 Å². The van der Waals surface area contributed by atoms with Crippen LogP contribution in [0.15, 0.2) is 18.3 Å². The lowest BCUT2D eigenvalue weighted by Gasteiger charge is -2.24. The van der Waals surface area contributed by atoms with E-state index in [1.54, 1.807) is 20.8 Å². The molecule has 3 N–H and O–H groups in total. The molecule has 9 heteroatoms. The van der Waals surface area contributed by atoms with Crippen LogP contribution in [0, 0.1) is 11.3 Å². The second-order valence-corrected chi connectivity index (χ2v) is 6.70. The number of urea groups is 1. The number of carbonyl (C=O) groups is 2. The molecular weight excluding hydrogens is 326 g/mol. The van der Waals surface area contributed by atoms with Crippen molar-refractivity contribution in [3.8, 4) is 6.07 Å². The number of nitrogens with zero attached hydrogens (tertiary/aromatic N) is 3. The van der Waals surface area contributed by atoms with E-state index in [4.69, 9.17) is 10.00 Å². The number of aliphatic hydroxyl groups excluding tert-OH is 1.